The molecule has 1 aromatic carbocycles. The Bertz CT molecular complexity index is 716. The maximum atomic E-state index is 11.5. The van der Waals surface area contributed by atoms with Crippen molar-refractivity contribution in [3.63, 3.8) is 0 Å². The highest BCUT2D eigenvalue weighted by Crippen LogP contribution is 2.35. The number of hydrogen-bond acceptors (Lipinski definition) is 4. The largest absolute Gasteiger partial charge is 0.497 e. The molecule has 0 fully saturated rings. The minimum absolute atomic E-state index is 0.00144. The lowest BCUT2D eigenvalue weighted by molar-refractivity contribution is -0.137. The van der Waals surface area contributed by atoms with E-state index in [0.29, 0.717) is 11.5 Å². The van der Waals surface area contributed by atoms with Gasteiger partial charge in [0.25, 0.3) is 0 Å². The molecule has 0 radical (unpaired) electrons. The number of nitrogens with zero attached hydrogens (tertiary/aromatic N) is 2. The molecule has 1 aliphatic rings. The fourth-order valence-corrected chi connectivity index (χ4v) is 3.32. The Hall–Kier alpha value is -2.50. The van der Waals surface area contributed by atoms with E-state index >= 15 is 0 Å². The van der Waals surface area contributed by atoms with E-state index in [9.17, 15) is 9.90 Å². The van der Waals surface area contributed by atoms with Crippen LogP contribution in [0, 0.1) is 0 Å². The minimum atomic E-state index is -0.840. The number of carbonyl (C=O) groups is 1. The van der Waals surface area contributed by atoms with Gasteiger partial charge in [0.15, 0.2) is 0 Å². The number of carboxylic acid groups (broad SMARTS) is 1. The number of aliphatic carboxylic acids is 1. The fourth-order valence-electron chi connectivity index (χ4n) is 3.32. The highest BCUT2D eigenvalue weighted by molar-refractivity contribution is 5.69. The molecule has 1 aliphatic heterocycles. The summed E-state index contributed by atoms with van der Waals surface area (Å²) in [5, 5.41) is 9.41. The number of hydrogen-bond donors (Lipinski definition) is 1. The molecule has 1 N–H and O–H groups in total. The van der Waals surface area contributed by atoms with E-state index in [1.807, 2.05) is 18.3 Å². The summed E-state index contributed by atoms with van der Waals surface area (Å²) in [4.78, 5) is 16.0. The van der Waals surface area contributed by atoms with Crippen molar-refractivity contribution < 1.29 is 19.4 Å². The average Bonchev–Trinajstić information content (AvgIpc) is 3.02. The lowest BCUT2D eigenvalue weighted by Gasteiger charge is -2.22. The van der Waals surface area contributed by atoms with Crippen molar-refractivity contribution in [3.8, 4) is 11.5 Å². The molecule has 0 saturated carbocycles. The number of carboxylic acids is 1. The first-order valence-electron chi connectivity index (χ1n) is 8.11. The van der Waals surface area contributed by atoms with Gasteiger partial charge in [0.2, 0.25) is 0 Å². The van der Waals surface area contributed by atoms with Gasteiger partial charge in [-0.05, 0) is 30.5 Å². The molecule has 1 atom stereocenters. The molecule has 128 valence electrons. The molecule has 6 heteroatoms. The van der Waals surface area contributed by atoms with E-state index in [1.54, 1.807) is 20.3 Å². The summed E-state index contributed by atoms with van der Waals surface area (Å²) in [6.07, 6.45) is 4.99. The molecule has 1 aromatic heterocycles. The lowest BCUT2D eigenvalue weighted by Crippen LogP contribution is -2.17. The summed E-state index contributed by atoms with van der Waals surface area (Å²) < 4.78 is 12.8. The van der Waals surface area contributed by atoms with Crippen molar-refractivity contribution in [2.75, 3.05) is 14.2 Å². The van der Waals surface area contributed by atoms with Crippen LogP contribution in [-0.4, -0.2) is 34.8 Å². The van der Waals surface area contributed by atoms with E-state index in [0.717, 1.165) is 42.9 Å². The summed E-state index contributed by atoms with van der Waals surface area (Å²) in [6, 6.07) is 5.53. The Morgan fingerprint density at radius 1 is 1.25 bits per heavy atom. The van der Waals surface area contributed by atoms with Gasteiger partial charge in [-0.1, -0.05) is 0 Å². The van der Waals surface area contributed by atoms with E-state index in [2.05, 4.69) is 9.55 Å². The first kappa shape index (κ1) is 16.4. The molecule has 2 heterocycles. The standard InChI is InChI=1S/C18H22N2O4/c1-23-13-7-12(8-14(9-13)24-2)15(10-18(21)22)16-11-19-17-5-3-4-6-20(16)17/h7-9,11,15H,3-6,10H2,1-2H3,(H,21,22). The van der Waals surface area contributed by atoms with Crippen LogP contribution >= 0.6 is 0 Å². The molecule has 0 spiro atoms. The zero-order valence-corrected chi connectivity index (χ0v) is 14.0. The summed E-state index contributed by atoms with van der Waals surface area (Å²) >= 11 is 0. The molecule has 0 bridgehead atoms. The number of imidazole rings is 1. The Morgan fingerprint density at radius 3 is 2.58 bits per heavy atom. The average molecular weight is 330 g/mol. The van der Waals surface area contributed by atoms with Gasteiger partial charge in [0.1, 0.15) is 17.3 Å². The smallest absolute Gasteiger partial charge is 0.304 e. The number of aromatic nitrogens is 2. The number of methoxy groups -OCH3 is 2. The van der Waals surface area contributed by atoms with Crippen molar-refractivity contribution in [2.24, 2.45) is 0 Å². The van der Waals surface area contributed by atoms with Gasteiger partial charge < -0.3 is 19.1 Å². The third-order valence-electron chi connectivity index (χ3n) is 4.51. The van der Waals surface area contributed by atoms with Crippen LogP contribution in [-0.2, 0) is 17.8 Å². The third kappa shape index (κ3) is 3.22. The van der Waals surface area contributed by atoms with Gasteiger partial charge in [0, 0.05) is 36.8 Å². The van der Waals surface area contributed by atoms with Gasteiger partial charge in [-0.2, -0.15) is 0 Å². The maximum Gasteiger partial charge on any atom is 0.304 e. The molecule has 0 aliphatic carbocycles. The topological polar surface area (TPSA) is 73.6 Å². The first-order valence-corrected chi connectivity index (χ1v) is 8.11. The van der Waals surface area contributed by atoms with E-state index in [-0.39, 0.29) is 12.3 Å². The zero-order valence-electron chi connectivity index (χ0n) is 14.0. The fraction of sp³-hybridized carbons (Fsp3) is 0.444. The molecule has 0 amide bonds. The van der Waals surface area contributed by atoms with Gasteiger partial charge >= 0.3 is 5.97 Å². The van der Waals surface area contributed by atoms with Gasteiger partial charge in [-0.3, -0.25) is 4.79 Å². The van der Waals surface area contributed by atoms with Gasteiger partial charge in [0.05, 0.1) is 20.6 Å². The van der Waals surface area contributed by atoms with Crippen molar-refractivity contribution in [3.05, 3.63) is 41.5 Å². The number of aryl methyl sites for hydroxylation is 1. The van der Waals surface area contributed by atoms with E-state index < -0.39 is 5.97 Å². The van der Waals surface area contributed by atoms with Crippen LogP contribution < -0.4 is 9.47 Å². The van der Waals surface area contributed by atoms with Crippen LogP contribution in [0.4, 0.5) is 0 Å². The van der Waals surface area contributed by atoms with Crippen molar-refractivity contribution in [1.82, 2.24) is 9.55 Å². The second kappa shape index (κ2) is 6.95. The molecule has 1 unspecified atom stereocenters. The van der Waals surface area contributed by atoms with Crippen molar-refractivity contribution in [1.29, 1.82) is 0 Å². The zero-order chi connectivity index (χ0) is 17.1. The van der Waals surface area contributed by atoms with Crippen LogP contribution in [0.5, 0.6) is 11.5 Å². The van der Waals surface area contributed by atoms with Gasteiger partial charge in [-0.25, -0.2) is 4.98 Å². The molecule has 6 nitrogen and oxygen atoms in total. The van der Waals surface area contributed by atoms with Crippen LogP contribution in [0.3, 0.4) is 0 Å². The lowest BCUT2D eigenvalue weighted by atomic mass is 9.92. The Labute approximate surface area is 141 Å². The molecule has 0 saturated heterocycles. The quantitative estimate of drug-likeness (QED) is 0.881. The van der Waals surface area contributed by atoms with E-state index in [1.165, 1.54) is 0 Å². The highest BCUT2D eigenvalue weighted by atomic mass is 16.5. The van der Waals surface area contributed by atoms with Crippen LogP contribution in [0.2, 0.25) is 0 Å². The first-order chi connectivity index (χ1) is 11.6. The molecule has 24 heavy (non-hydrogen) atoms. The molecule has 2 aromatic rings. The maximum absolute atomic E-state index is 11.5. The third-order valence-corrected chi connectivity index (χ3v) is 4.51. The second-order valence-electron chi connectivity index (χ2n) is 6.00. The minimum Gasteiger partial charge on any atom is -0.497 e. The van der Waals surface area contributed by atoms with Gasteiger partial charge in [-0.15, -0.1) is 0 Å². The molecular formula is C18H22N2O4. The normalized spacial score (nSPS) is 14.8. The monoisotopic (exact) mass is 330 g/mol. The summed E-state index contributed by atoms with van der Waals surface area (Å²) in [6.45, 7) is 0.891. The Balaban J connectivity index is 2.07. The number of rotatable bonds is 6. The number of fused-ring (bicyclic) bond motifs is 1. The van der Waals surface area contributed by atoms with Crippen LogP contribution in [0.15, 0.2) is 24.4 Å². The second-order valence-corrected chi connectivity index (χ2v) is 6.00. The van der Waals surface area contributed by atoms with Crippen LogP contribution in [0.25, 0.3) is 0 Å². The Morgan fingerprint density at radius 2 is 1.96 bits per heavy atom. The van der Waals surface area contributed by atoms with Crippen LogP contribution in [0.1, 0.15) is 42.3 Å². The molecule has 3 rings (SSSR count). The Kier molecular flexibility index (Phi) is 4.74. The molecular weight excluding hydrogens is 308 g/mol. The summed E-state index contributed by atoms with van der Waals surface area (Å²) in [5.74, 6) is 1.22. The number of benzene rings is 1. The number of ether oxygens (including phenoxy) is 2. The van der Waals surface area contributed by atoms with Crippen molar-refractivity contribution >= 4 is 5.97 Å². The predicted octanol–water partition coefficient (Wildman–Crippen LogP) is 2.84. The van der Waals surface area contributed by atoms with E-state index in [4.69, 9.17) is 9.47 Å². The summed E-state index contributed by atoms with van der Waals surface area (Å²) in [5.41, 5.74) is 1.81. The highest BCUT2D eigenvalue weighted by Gasteiger charge is 2.25. The SMILES string of the molecule is COc1cc(OC)cc(C(CC(=O)O)c2cnc3n2CCCC3)c1. The predicted molar refractivity (Wildman–Crippen MR) is 88.8 cm³/mol. The summed E-state index contributed by atoms with van der Waals surface area (Å²) in [7, 11) is 3.18. The van der Waals surface area contributed by atoms with Crippen molar-refractivity contribution in [2.45, 2.75) is 38.1 Å².